The van der Waals surface area contributed by atoms with Gasteiger partial charge in [-0.3, -0.25) is 4.79 Å². The lowest BCUT2D eigenvalue weighted by Gasteiger charge is -2.41. The molecule has 2 atom stereocenters. The van der Waals surface area contributed by atoms with Crippen molar-refractivity contribution in [1.29, 1.82) is 0 Å². The zero-order valence-electron chi connectivity index (χ0n) is 45.2. The van der Waals surface area contributed by atoms with E-state index in [4.69, 9.17) is 9.47 Å². The molecule has 1 amide bonds. The van der Waals surface area contributed by atoms with Crippen LogP contribution in [0.25, 0.3) is 0 Å². The maximum atomic E-state index is 13.9. The molecule has 0 bridgehead atoms. The Bertz CT molecular complexity index is 959. The van der Waals surface area contributed by atoms with E-state index >= 15 is 0 Å². The van der Waals surface area contributed by atoms with Gasteiger partial charge >= 0.3 is 0 Å². The second-order valence-corrected chi connectivity index (χ2v) is 24.1. The highest BCUT2D eigenvalue weighted by Gasteiger charge is 2.40. The Morgan fingerprint density at radius 2 is 0.857 bits per heavy atom. The molecule has 0 aromatic carbocycles. The van der Waals surface area contributed by atoms with Gasteiger partial charge in [-0.15, -0.1) is 0 Å². The van der Waals surface area contributed by atoms with Crippen LogP contribution in [0.2, 0.25) is 0 Å². The smallest absolute Gasteiger partial charge is 0.225 e. The van der Waals surface area contributed by atoms with Crippen LogP contribution < -0.4 is 5.32 Å². The van der Waals surface area contributed by atoms with Gasteiger partial charge in [0.15, 0.2) is 0 Å². The topological polar surface area (TPSA) is 47.6 Å². The van der Waals surface area contributed by atoms with Crippen LogP contribution in [0.15, 0.2) is 0 Å². The molecule has 1 N–H and O–H groups in total. The number of hydrogen-bond acceptors (Lipinski definition) is 4. The SMILES string of the molecule is CCCCCCCCCCCCCCCCCCCC(CNC(=O)C(C)(C)CC(C)(CC)CC(C)(C)OCCC(C)(C)OC)SCCCCCCCCCCCCCCCCCC. The number of amides is 1. The molecule has 0 spiro atoms. The molecule has 378 valence electrons. The summed E-state index contributed by atoms with van der Waals surface area (Å²) in [5, 5.41) is 4.01. The first kappa shape index (κ1) is 62.7. The first-order chi connectivity index (χ1) is 30.2. The summed E-state index contributed by atoms with van der Waals surface area (Å²) in [4.78, 5) is 13.9. The van der Waals surface area contributed by atoms with Crippen molar-refractivity contribution < 1.29 is 14.3 Å². The second-order valence-electron chi connectivity index (χ2n) is 22.7. The second kappa shape index (κ2) is 40.8. The molecule has 2 unspecified atom stereocenters. The van der Waals surface area contributed by atoms with Gasteiger partial charge in [-0.1, -0.05) is 253 Å². The van der Waals surface area contributed by atoms with Gasteiger partial charge in [0.25, 0.3) is 0 Å². The van der Waals surface area contributed by atoms with E-state index in [1.807, 2.05) is 0 Å². The van der Waals surface area contributed by atoms with Crippen LogP contribution in [0, 0.1) is 10.8 Å². The average molecular weight is 909 g/mol. The summed E-state index contributed by atoms with van der Waals surface area (Å²) in [6.07, 6.45) is 51.6. The van der Waals surface area contributed by atoms with Crippen LogP contribution >= 0.6 is 11.8 Å². The Labute approximate surface area is 402 Å². The van der Waals surface area contributed by atoms with Crippen LogP contribution in [-0.2, 0) is 14.3 Å². The van der Waals surface area contributed by atoms with Gasteiger partial charge in [0.05, 0.1) is 17.8 Å². The van der Waals surface area contributed by atoms with E-state index in [1.165, 1.54) is 224 Å². The van der Waals surface area contributed by atoms with E-state index in [9.17, 15) is 4.79 Å². The molecule has 0 saturated heterocycles. The molecule has 0 saturated carbocycles. The molecule has 0 aromatic heterocycles. The van der Waals surface area contributed by atoms with Crippen molar-refractivity contribution in [3.05, 3.63) is 0 Å². The van der Waals surface area contributed by atoms with Crippen molar-refractivity contribution in [2.24, 2.45) is 10.8 Å². The van der Waals surface area contributed by atoms with E-state index in [0.29, 0.717) is 11.9 Å². The minimum Gasteiger partial charge on any atom is -0.379 e. The van der Waals surface area contributed by atoms with Crippen LogP contribution in [-0.4, -0.2) is 48.4 Å². The number of nitrogens with one attached hydrogen (secondary N) is 1. The van der Waals surface area contributed by atoms with Crippen molar-refractivity contribution in [3.8, 4) is 0 Å². The molecule has 0 rings (SSSR count). The van der Waals surface area contributed by atoms with Gasteiger partial charge in [0.2, 0.25) is 5.91 Å². The number of rotatable bonds is 49. The number of thioether (sulfide) groups is 1. The molecule has 0 aliphatic heterocycles. The standard InChI is InChI=1S/C58H117NO3S/c1-12-15-17-19-21-23-25-27-29-31-32-34-36-38-40-42-44-46-53(63-49-45-43-41-39-37-35-33-30-28-26-24-22-20-18-16-13-2)50-59-54(60)55(4,5)51-58(10,14-3)52-57(8,9)62-48-47-56(6,7)61-11/h53H,12-52H2,1-11H3,(H,59,60). The molecule has 0 aromatic rings. The molecular formula is C58H117NO3S. The Morgan fingerprint density at radius 3 is 1.22 bits per heavy atom. The highest BCUT2D eigenvalue weighted by atomic mass is 32.2. The minimum atomic E-state index is -0.435. The van der Waals surface area contributed by atoms with Crippen molar-refractivity contribution in [3.63, 3.8) is 0 Å². The number of methoxy groups -OCH3 is 1. The Morgan fingerprint density at radius 1 is 0.492 bits per heavy atom. The van der Waals surface area contributed by atoms with Crippen molar-refractivity contribution in [2.75, 3.05) is 26.0 Å². The van der Waals surface area contributed by atoms with Gasteiger partial charge in [0.1, 0.15) is 0 Å². The zero-order valence-corrected chi connectivity index (χ0v) is 46.0. The normalized spacial score (nSPS) is 14.0. The van der Waals surface area contributed by atoms with Gasteiger partial charge in [0, 0.05) is 24.3 Å². The lowest BCUT2D eigenvalue weighted by molar-refractivity contribution is -0.132. The maximum absolute atomic E-state index is 13.9. The molecule has 0 radical (unpaired) electrons. The Kier molecular flexibility index (Phi) is 40.6. The van der Waals surface area contributed by atoms with Crippen molar-refractivity contribution in [2.45, 2.75) is 330 Å². The van der Waals surface area contributed by atoms with Crippen molar-refractivity contribution in [1.82, 2.24) is 5.32 Å². The maximum Gasteiger partial charge on any atom is 0.225 e. The predicted molar refractivity (Wildman–Crippen MR) is 285 cm³/mol. The largest absolute Gasteiger partial charge is 0.379 e. The highest BCUT2D eigenvalue weighted by Crippen LogP contribution is 2.43. The summed E-state index contributed by atoms with van der Waals surface area (Å²) < 4.78 is 12.1. The molecule has 0 heterocycles. The molecule has 0 fully saturated rings. The fraction of sp³-hybridized carbons (Fsp3) is 0.983. The third-order valence-corrected chi connectivity index (χ3v) is 15.8. The zero-order chi connectivity index (χ0) is 47.0. The third kappa shape index (κ3) is 39.4. The van der Waals surface area contributed by atoms with Gasteiger partial charge in [-0.05, 0) is 71.0 Å². The summed E-state index contributed by atoms with van der Waals surface area (Å²) in [6.45, 7) is 23.7. The van der Waals surface area contributed by atoms with E-state index in [-0.39, 0.29) is 22.5 Å². The first-order valence-electron chi connectivity index (χ1n) is 28.2. The third-order valence-electron chi connectivity index (χ3n) is 14.4. The number of hydrogen-bond donors (Lipinski definition) is 1. The molecule has 4 nitrogen and oxygen atoms in total. The summed E-state index contributed by atoms with van der Waals surface area (Å²) in [5.74, 6) is 1.45. The minimum absolute atomic E-state index is 0.00967. The molecule has 0 aliphatic rings. The van der Waals surface area contributed by atoms with E-state index in [0.717, 1.165) is 32.2 Å². The summed E-state index contributed by atoms with van der Waals surface area (Å²) in [7, 11) is 1.78. The number of unbranched alkanes of at least 4 members (excludes halogenated alkanes) is 31. The van der Waals surface area contributed by atoms with Crippen molar-refractivity contribution >= 4 is 17.7 Å². The van der Waals surface area contributed by atoms with Crippen LogP contribution in [0.4, 0.5) is 0 Å². The molecular weight excluding hydrogens is 791 g/mol. The number of carbonyl (C=O) groups excluding carboxylic acids is 1. The number of carbonyl (C=O) groups is 1. The summed E-state index contributed by atoms with van der Waals surface area (Å²) in [5.41, 5.74) is -0.869. The molecule has 63 heavy (non-hydrogen) atoms. The van der Waals surface area contributed by atoms with Gasteiger partial charge < -0.3 is 14.8 Å². The van der Waals surface area contributed by atoms with E-state index in [1.54, 1.807) is 7.11 Å². The fourth-order valence-electron chi connectivity index (χ4n) is 9.90. The van der Waals surface area contributed by atoms with Crippen LogP contribution in [0.3, 0.4) is 0 Å². The lowest BCUT2D eigenvalue weighted by atomic mass is 9.67. The van der Waals surface area contributed by atoms with Crippen LogP contribution in [0.1, 0.15) is 313 Å². The summed E-state index contributed by atoms with van der Waals surface area (Å²) >= 11 is 2.15. The average Bonchev–Trinajstić information content (AvgIpc) is 3.23. The summed E-state index contributed by atoms with van der Waals surface area (Å²) in [6, 6.07) is 0. The van der Waals surface area contributed by atoms with Crippen LogP contribution in [0.5, 0.6) is 0 Å². The fourth-order valence-corrected chi connectivity index (χ4v) is 11.1. The predicted octanol–water partition coefficient (Wildman–Crippen LogP) is 19.3. The molecule has 5 heteroatoms. The van der Waals surface area contributed by atoms with Gasteiger partial charge in [-0.2, -0.15) is 11.8 Å². The Balaban J connectivity index is 4.75. The first-order valence-corrected chi connectivity index (χ1v) is 29.3. The lowest BCUT2D eigenvalue weighted by Crippen LogP contribution is -2.44. The monoisotopic (exact) mass is 908 g/mol. The Hall–Kier alpha value is -0.260. The van der Waals surface area contributed by atoms with Gasteiger partial charge in [-0.25, -0.2) is 0 Å². The van der Waals surface area contributed by atoms with E-state index in [2.05, 4.69) is 86.3 Å². The number of ether oxygens (including phenoxy) is 2. The quantitative estimate of drug-likeness (QED) is 0.0618. The van der Waals surface area contributed by atoms with E-state index < -0.39 is 5.41 Å². The molecule has 0 aliphatic carbocycles. The highest BCUT2D eigenvalue weighted by molar-refractivity contribution is 7.99.